The van der Waals surface area contributed by atoms with Crippen molar-refractivity contribution in [3.8, 4) is 11.3 Å². The molecule has 1 aromatic carbocycles. The first kappa shape index (κ1) is 11.3. The molecule has 0 aliphatic heterocycles. The highest BCUT2D eigenvalue weighted by Gasteiger charge is 2.11. The van der Waals surface area contributed by atoms with Gasteiger partial charge in [-0.3, -0.25) is 0 Å². The smallest absolute Gasteiger partial charge is 0.367 e. The molecule has 1 heterocycles. The van der Waals surface area contributed by atoms with Crippen molar-refractivity contribution in [3.05, 3.63) is 39.1 Å². The van der Waals surface area contributed by atoms with Crippen LogP contribution < -0.4 is 0 Å². The molecule has 0 unspecified atom stereocenters. The molecule has 1 aromatic heterocycles. The summed E-state index contributed by atoms with van der Waals surface area (Å²) in [5.41, 5.74) is 1.77. The second-order valence-corrected chi connectivity index (χ2v) is 4.81. The van der Waals surface area contributed by atoms with E-state index in [1.54, 1.807) is 0 Å². The standard InChI is InChI=1S/C11H8BrNO2S/c1-15-11(14)10-13-9(6-16-10)7-2-4-8(12)5-3-7/h2-6H,1H3. The predicted octanol–water partition coefficient (Wildman–Crippen LogP) is 3.36. The van der Waals surface area contributed by atoms with E-state index in [1.807, 2.05) is 29.6 Å². The summed E-state index contributed by atoms with van der Waals surface area (Å²) in [5, 5.41) is 2.22. The lowest BCUT2D eigenvalue weighted by atomic mass is 10.2. The Balaban J connectivity index is 2.31. The average molecular weight is 298 g/mol. The largest absolute Gasteiger partial charge is 0.464 e. The summed E-state index contributed by atoms with van der Waals surface area (Å²) in [5.74, 6) is -0.395. The average Bonchev–Trinajstić information content (AvgIpc) is 2.78. The second kappa shape index (κ2) is 4.76. The third kappa shape index (κ3) is 2.31. The molecule has 0 amide bonds. The van der Waals surface area contributed by atoms with E-state index < -0.39 is 5.97 Å². The highest BCUT2D eigenvalue weighted by Crippen LogP contribution is 2.23. The topological polar surface area (TPSA) is 39.2 Å². The van der Waals surface area contributed by atoms with Crippen molar-refractivity contribution < 1.29 is 9.53 Å². The Morgan fingerprint density at radius 3 is 2.69 bits per heavy atom. The summed E-state index contributed by atoms with van der Waals surface area (Å²) < 4.78 is 5.62. The van der Waals surface area contributed by atoms with Gasteiger partial charge in [-0.25, -0.2) is 9.78 Å². The van der Waals surface area contributed by atoms with Crippen molar-refractivity contribution in [1.29, 1.82) is 0 Å². The Hall–Kier alpha value is -1.20. The first-order chi connectivity index (χ1) is 7.70. The zero-order valence-corrected chi connectivity index (χ0v) is 10.8. The molecule has 0 aliphatic carbocycles. The molecule has 0 atom stereocenters. The molecule has 2 aromatic rings. The van der Waals surface area contributed by atoms with Gasteiger partial charge in [0.05, 0.1) is 12.8 Å². The Labute approximate surface area is 105 Å². The molecular weight excluding hydrogens is 290 g/mol. The summed E-state index contributed by atoms with van der Waals surface area (Å²) >= 11 is 4.65. The van der Waals surface area contributed by atoms with Gasteiger partial charge in [0.15, 0.2) is 0 Å². The van der Waals surface area contributed by atoms with E-state index >= 15 is 0 Å². The quantitative estimate of drug-likeness (QED) is 0.798. The molecule has 0 saturated carbocycles. The molecule has 0 saturated heterocycles. The highest BCUT2D eigenvalue weighted by molar-refractivity contribution is 9.10. The van der Waals surface area contributed by atoms with Gasteiger partial charge in [0.2, 0.25) is 5.01 Å². The van der Waals surface area contributed by atoms with Gasteiger partial charge in [-0.1, -0.05) is 28.1 Å². The third-order valence-electron chi connectivity index (χ3n) is 2.00. The van der Waals surface area contributed by atoms with Crippen LogP contribution in [0.15, 0.2) is 34.1 Å². The fraction of sp³-hybridized carbons (Fsp3) is 0.0909. The third-order valence-corrected chi connectivity index (χ3v) is 3.36. The molecule has 0 radical (unpaired) electrons. The molecule has 0 aliphatic rings. The number of methoxy groups -OCH3 is 1. The fourth-order valence-electron chi connectivity index (χ4n) is 1.21. The monoisotopic (exact) mass is 297 g/mol. The summed E-state index contributed by atoms with van der Waals surface area (Å²) in [7, 11) is 1.35. The summed E-state index contributed by atoms with van der Waals surface area (Å²) in [4.78, 5) is 15.4. The number of halogens is 1. The lowest BCUT2D eigenvalue weighted by Gasteiger charge is -1.96. The van der Waals surface area contributed by atoms with Gasteiger partial charge in [0.25, 0.3) is 0 Å². The van der Waals surface area contributed by atoms with E-state index in [1.165, 1.54) is 18.4 Å². The molecule has 0 bridgehead atoms. The van der Waals surface area contributed by atoms with Crippen LogP contribution in [0.25, 0.3) is 11.3 Å². The summed E-state index contributed by atoms with van der Waals surface area (Å²) in [6, 6.07) is 7.76. The normalized spacial score (nSPS) is 10.1. The van der Waals surface area contributed by atoms with E-state index in [9.17, 15) is 4.79 Å². The SMILES string of the molecule is COC(=O)c1nc(-c2ccc(Br)cc2)cs1. The van der Waals surface area contributed by atoms with Crippen LogP contribution in [0.5, 0.6) is 0 Å². The van der Waals surface area contributed by atoms with Gasteiger partial charge in [0, 0.05) is 15.4 Å². The van der Waals surface area contributed by atoms with Gasteiger partial charge >= 0.3 is 5.97 Å². The van der Waals surface area contributed by atoms with Crippen molar-refractivity contribution in [1.82, 2.24) is 4.98 Å². The van der Waals surface area contributed by atoms with Crippen LogP contribution in [0.3, 0.4) is 0 Å². The number of benzene rings is 1. The molecule has 82 valence electrons. The highest BCUT2D eigenvalue weighted by atomic mass is 79.9. The number of thiazole rings is 1. The number of carbonyl (C=O) groups excluding carboxylic acids is 1. The Morgan fingerprint density at radius 1 is 1.38 bits per heavy atom. The number of hydrogen-bond donors (Lipinski definition) is 0. The minimum Gasteiger partial charge on any atom is -0.464 e. The predicted molar refractivity (Wildman–Crippen MR) is 66.6 cm³/mol. The Morgan fingerprint density at radius 2 is 2.06 bits per heavy atom. The molecule has 3 nitrogen and oxygen atoms in total. The van der Waals surface area contributed by atoms with Crippen molar-refractivity contribution in [2.75, 3.05) is 7.11 Å². The Bertz CT molecular complexity index is 507. The molecule has 0 spiro atoms. The van der Waals surface area contributed by atoms with Crippen molar-refractivity contribution in [2.24, 2.45) is 0 Å². The van der Waals surface area contributed by atoms with Crippen LogP contribution in [-0.2, 0) is 4.74 Å². The molecule has 2 rings (SSSR count). The second-order valence-electron chi connectivity index (χ2n) is 3.04. The number of ether oxygens (including phenoxy) is 1. The van der Waals surface area contributed by atoms with E-state index in [0.717, 1.165) is 15.7 Å². The fourth-order valence-corrected chi connectivity index (χ4v) is 2.22. The molecule has 5 heteroatoms. The minimum absolute atomic E-state index is 0.375. The lowest BCUT2D eigenvalue weighted by molar-refractivity contribution is 0.0600. The number of carbonyl (C=O) groups is 1. The van der Waals surface area contributed by atoms with Crippen LogP contribution in [0.4, 0.5) is 0 Å². The molecule has 0 fully saturated rings. The van der Waals surface area contributed by atoms with E-state index in [0.29, 0.717) is 5.01 Å². The number of esters is 1. The van der Waals surface area contributed by atoms with Crippen LogP contribution in [0.2, 0.25) is 0 Å². The van der Waals surface area contributed by atoms with Crippen molar-refractivity contribution in [3.63, 3.8) is 0 Å². The summed E-state index contributed by atoms with van der Waals surface area (Å²) in [6.45, 7) is 0. The van der Waals surface area contributed by atoms with E-state index in [4.69, 9.17) is 0 Å². The molecule has 0 N–H and O–H groups in total. The van der Waals surface area contributed by atoms with Crippen molar-refractivity contribution >= 4 is 33.2 Å². The number of rotatable bonds is 2. The van der Waals surface area contributed by atoms with Crippen LogP contribution in [-0.4, -0.2) is 18.1 Å². The maximum Gasteiger partial charge on any atom is 0.367 e. The first-order valence-corrected chi connectivity index (χ1v) is 6.18. The maximum atomic E-state index is 11.2. The summed E-state index contributed by atoms with van der Waals surface area (Å²) in [6.07, 6.45) is 0. The zero-order chi connectivity index (χ0) is 11.5. The zero-order valence-electron chi connectivity index (χ0n) is 8.44. The van der Waals surface area contributed by atoms with Crippen LogP contribution >= 0.6 is 27.3 Å². The number of nitrogens with zero attached hydrogens (tertiary/aromatic N) is 1. The van der Waals surface area contributed by atoms with Gasteiger partial charge < -0.3 is 4.74 Å². The van der Waals surface area contributed by atoms with Crippen molar-refractivity contribution in [2.45, 2.75) is 0 Å². The Kier molecular flexibility index (Phi) is 3.36. The maximum absolute atomic E-state index is 11.2. The van der Waals surface area contributed by atoms with Gasteiger partial charge in [-0.15, -0.1) is 11.3 Å². The number of aromatic nitrogens is 1. The van der Waals surface area contributed by atoms with Gasteiger partial charge in [-0.2, -0.15) is 0 Å². The lowest BCUT2D eigenvalue weighted by Crippen LogP contribution is -1.99. The molecule has 16 heavy (non-hydrogen) atoms. The first-order valence-electron chi connectivity index (χ1n) is 4.50. The minimum atomic E-state index is -0.395. The van der Waals surface area contributed by atoms with Crippen LogP contribution in [0.1, 0.15) is 9.80 Å². The van der Waals surface area contributed by atoms with Gasteiger partial charge in [0.1, 0.15) is 0 Å². The molecular formula is C11H8BrNO2S. The van der Waals surface area contributed by atoms with E-state index in [-0.39, 0.29) is 0 Å². The van der Waals surface area contributed by atoms with Gasteiger partial charge in [-0.05, 0) is 12.1 Å². The number of hydrogen-bond acceptors (Lipinski definition) is 4. The van der Waals surface area contributed by atoms with Crippen LogP contribution in [0, 0.1) is 0 Å². The van der Waals surface area contributed by atoms with E-state index in [2.05, 4.69) is 25.7 Å².